The lowest BCUT2D eigenvalue weighted by Crippen LogP contribution is -2.45. The number of anilines is 1. The first-order chi connectivity index (χ1) is 13.6. The molecule has 0 aromatic heterocycles. The molecule has 0 saturated heterocycles. The minimum absolute atomic E-state index is 0.185. The van der Waals surface area contributed by atoms with E-state index in [1.807, 2.05) is 13.8 Å². The zero-order valence-corrected chi connectivity index (χ0v) is 18.1. The Bertz CT molecular complexity index is 1030. The van der Waals surface area contributed by atoms with Gasteiger partial charge >= 0.3 is 0 Å². The molecule has 2 aromatic carbocycles. The van der Waals surface area contributed by atoms with E-state index in [-0.39, 0.29) is 11.4 Å². The summed E-state index contributed by atoms with van der Waals surface area (Å²) in [6.07, 6.45) is 3.50. The van der Waals surface area contributed by atoms with Crippen molar-refractivity contribution in [3.63, 3.8) is 0 Å². The monoisotopic (exact) mass is 413 g/mol. The van der Waals surface area contributed by atoms with Crippen LogP contribution in [0.2, 0.25) is 5.02 Å². The van der Waals surface area contributed by atoms with Crippen LogP contribution in [-0.2, 0) is 0 Å². The van der Waals surface area contributed by atoms with Crippen molar-refractivity contribution in [1.29, 1.82) is 0 Å². The molecule has 1 amide bonds. The zero-order chi connectivity index (χ0) is 21.3. The number of carbonyl (C=O) groups is 1. The number of benzene rings is 2. The molecule has 1 aliphatic heterocycles. The summed E-state index contributed by atoms with van der Waals surface area (Å²) in [4.78, 5) is 14.4. The number of aryl methyl sites for hydroxylation is 1. The molecule has 0 bridgehead atoms. The second-order valence-corrected chi connectivity index (χ2v) is 8.21. The van der Waals surface area contributed by atoms with Crippen molar-refractivity contribution >= 4 is 35.0 Å². The Hall–Kier alpha value is -2.66. The van der Waals surface area contributed by atoms with Gasteiger partial charge in [0.25, 0.3) is 5.91 Å². The molecule has 4 nitrogen and oxygen atoms in total. The van der Waals surface area contributed by atoms with E-state index in [1.165, 1.54) is 12.3 Å². The van der Waals surface area contributed by atoms with Crippen molar-refractivity contribution in [3.8, 4) is 0 Å². The predicted octanol–water partition coefficient (Wildman–Crippen LogP) is 5.57. The Kier molecular flexibility index (Phi) is 5.80. The Morgan fingerprint density at radius 1 is 1.28 bits per heavy atom. The summed E-state index contributed by atoms with van der Waals surface area (Å²) < 4.78 is 14.8. The number of likely N-dealkylation sites (N-methyl/N-ethyl adjacent to an activating group) is 1. The molecular weight excluding hydrogens is 389 g/mol. The molecule has 0 spiro atoms. The molecular formula is C23H25ClFN3O. The molecule has 3 rings (SSSR count). The minimum atomic E-state index is -0.445. The average Bonchev–Trinajstić information content (AvgIpc) is 2.62. The molecule has 0 fully saturated rings. The fraction of sp³-hybridized carbons (Fsp3) is 0.304. The SMILES string of the molecule is CCN1c2cc(F)c(/C=N\NC(=O)c3ccc(C)cc3Cl)cc2C(C)=CC1(C)C. The molecule has 1 heterocycles. The lowest BCUT2D eigenvalue weighted by atomic mass is 9.88. The Labute approximate surface area is 176 Å². The van der Waals surface area contributed by atoms with E-state index >= 15 is 0 Å². The van der Waals surface area contributed by atoms with Crippen LogP contribution >= 0.6 is 11.6 Å². The third kappa shape index (κ3) is 4.20. The highest BCUT2D eigenvalue weighted by Crippen LogP contribution is 2.39. The molecule has 29 heavy (non-hydrogen) atoms. The van der Waals surface area contributed by atoms with Crippen molar-refractivity contribution in [2.75, 3.05) is 11.4 Å². The van der Waals surface area contributed by atoms with E-state index in [0.29, 0.717) is 16.1 Å². The Balaban J connectivity index is 1.86. The van der Waals surface area contributed by atoms with Crippen LogP contribution < -0.4 is 10.3 Å². The first-order valence-electron chi connectivity index (χ1n) is 9.54. The van der Waals surface area contributed by atoms with Gasteiger partial charge in [0.05, 0.1) is 22.3 Å². The number of nitrogens with one attached hydrogen (secondary N) is 1. The number of rotatable bonds is 4. The van der Waals surface area contributed by atoms with Gasteiger partial charge in [-0.25, -0.2) is 9.82 Å². The van der Waals surface area contributed by atoms with Gasteiger partial charge in [-0.3, -0.25) is 4.79 Å². The van der Waals surface area contributed by atoms with Crippen LogP contribution in [0.15, 0.2) is 41.5 Å². The van der Waals surface area contributed by atoms with Crippen molar-refractivity contribution in [1.82, 2.24) is 5.43 Å². The lowest BCUT2D eigenvalue weighted by molar-refractivity contribution is 0.0955. The number of halogens is 2. The smallest absolute Gasteiger partial charge is 0.272 e. The molecule has 1 aliphatic rings. The Morgan fingerprint density at radius 2 is 2.00 bits per heavy atom. The molecule has 0 saturated carbocycles. The van der Waals surface area contributed by atoms with Crippen molar-refractivity contribution in [2.45, 2.75) is 40.2 Å². The fourth-order valence-corrected chi connectivity index (χ4v) is 4.14. The number of allylic oxidation sites excluding steroid dienone is 1. The molecule has 0 aliphatic carbocycles. The van der Waals surface area contributed by atoms with Gasteiger partial charge in [0, 0.05) is 23.4 Å². The summed E-state index contributed by atoms with van der Waals surface area (Å²) in [5.74, 6) is -0.835. The maximum absolute atomic E-state index is 14.8. The van der Waals surface area contributed by atoms with Gasteiger partial charge < -0.3 is 4.90 Å². The van der Waals surface area contributed by atoms with Gasteiger partial charge in [-0.1, -0.05) is 23.7 Å². The van der Waals surface area contributed by atoms with E-state index in [9.17, 15) is 9.18 Å². The molecule has 0 unspecified atom stereocenters. The molecule has 152 valence electrons. The van der Waals surface area contributed by atoms with Crippen molar-refractivity contribution < 1.29 is 9.18 Å². The first kappa shape index (κ1) is 21.1. The topological polar surface area (TPSA) is 44.7 Å². The molecule has 0 radical (unpaired) electrons. The van der Waals surface area contributed by atoms with E-state index in [2.05, 4.69) is 42.3 Å². The van der Waals surface area contributed by atoms with Crippen LogP contribution in [0.3, 0.4) is 0 Å². The average molecular weight is 414 g/mol. The van der Waals surface area contributed by atoms with E-state index in [1.54, 1.807) is 24.3 Å². The summed E-state index contributed by atoms with van der Waals surface area (Å²) in [7, 11) is 0. The predicted molar refractivity (Wildman–Crippen MR) is 118 cm³/mol. The standard InChI is InChI=1S/C23H25ClFN3O/c1-6-28-21-11-20(25)16(10-18(21)15(3)12-23(28,4)5)13-26-27-22(29)17-8-7-14(2)9-19(17)24/h7-13H,6H2,1-5H3,(H,27,29)/b26-13-. The summed E-state index contributed by atoms with van der Waals surface area (Å²) in [6, 6.07) is 8.44. The highest BCUT2D eigenvalue weighted by molar-refractivity contribution is 6.33. The third-order valence-corrected chi connectivity index (χ3v) is 5.46. The summed E-state index contributed by atoms with van der Waals surface area (Å²) in [5.41, 5.74) is 6.72. The number of fused-ring (bicyclic) bond motifs is 1. The van der Waals surface area contributed by atoms with Crippen LogP contribution in [0.1, 0.15) is 54.7 Å². The summed E-state index contributed by atoms with van der Waals surface area (Å²) >= 11 is 6.11. The normalized spacial score (nSPS) is 15.3. The molecule has 1 N–H and O–H groups in total. The van der Waals surface area contributed by atoms with Crippen LogP contribution in [0.5, 0.6) is 0 Å². The van der Waals surface area contributed by atoms with E-state index < -0.39 is 5.91 Å². The van der Waals surface area contributed by atoms with Gasteiger partial charge in [0.1, 0.15) is 5.82 Å². The second kappa shape index (κ2) is 7.99. The van der Waals surface area contributed by atoms with Crippen LogP contribution in [0.4, 0.5) is 10.1 Å². The van der Waals surface area contributed by atoms with Gasteiger partial charge in [0.15, 0.2) is 0 Å². The lowest BCUT2D eigenvalue weighted by Gasteiger charge is -2.42. The number of hydrazone groups is 1. The van der Waals surface area contributed by atoms with Crippen molar-refractivity contribution in [2.24, 2.45) is 5.10 Å². The molecule has 2 aromatic rings. The number of hydrogen-bond acceptors (Lipinski definition) is 3. The van der Waals surface area contributed by atoms with Gasteiger partial charge in [0.2, 0.25) is 0 Å². The van der Waals surface area contributed by atoms with Crippen LogP contribution in [0, 0.1) is 12.7 Å². The highest BCUT2D eigenvalue weighted by atomic mass is 35.5. The largest absolute Gasteiger partial charge is 0.363 e. The minimum Gasteiger partial charge on any atom is -0.363 e. The Morgan fingerprint density at radius 3 is 2.66 bits per heavy atom. The first-order valence-corrected chi connectivity index (χ1v) is 9.92. The molecule has 0 atom stereocenters. The van der Waals surface area contributed by atoms with E-state index in [4.69, 9.17) is 11.6 Å². The fourth-order valence-electron chi connectivity index (χ4n) is 3.82. The number of nitrogens with zero attached hydrogens (tertiary/aromatic N) is 2. The van der Waals surface area contributed by atoms with Crippen molar-refractivity contribution in [3.05, 3.63) is 69.5 Å². The molecule has 6 heteroatoms. The van der Waals surface area contributed by atoms with Crippen LogP contribution in [0.25, 0.3) is 5.57 Å². The number of amides is 1. The van der Waals surface area contributed by atoms with Gasteiger partial charge in [-0.15, -0.1) is 0 Å². The maximum atomic E-state index is 14.8. The zero-order valence-electron chi connectivity index (χ0n) is 17.3. The number of hydrogen-bond donors (Lipinski definition) is 1. The van der Waals surface area contributed by atoms with Gasteiger partial charge in [-0.2, -0.15) is 5.10 Å². The highest BCUT2D eigenvalue weighted by Gasteiger charge is 2.30. The van der Waals surface area contributed by atoms with E-state index in [0.717, 1.165) is 28.9 Å². The van der Waals surface area contributed by atoms with Gasteiger partial charge in [-0.05, 0) is 70.0 Å². The van der Waals surface area contributed by atoms with Crippen LogP contribution in [-0.4, -0.2) is 24.2 Å². The number of carbonyl (C=O) groups excluding carboxylic acids is 1. The maximum Gasteiger partial charge on any atom is 0.272 e. The third-order valence-electron chi connectivity index (χ3n) is 5.15. The quantitative estimate of drug-likeness (QED) is 0.525. The summed E-state index contributed by atoms with van der Waals surface area (Å²) in [5, 5.41) is 4.28. The summed E-state index contributed by atoms with van der Waals surface area (Å²) in [6.45, 7) is 11.0. The second-order valence-electron chi connectivity index (χ2n) is 7.80.